The van der Waals surface area contributed by atoms with Gasteiger partial charge in [0.1, 0.15) is 5.75 Å². The van der Waals surface area contributed by atoms with Crippen molar-refractivity contribution in [3.05, 3.63) is 41.6 Å². The summed E-state index contributed by atoms with van der Waals surface area (Å²) in [7, 11) is 0. The van der Waals surface area contributed by atoms with Crippen LogP contribution in [0.5, 0.6) is 5.75 Å². The molecule has 1 N–H and O–H groups in total. The molecule has 0 atom stereocenters. The lowest BCUT2D eigenvalue weighted by Gasteiger charge is -2.12. The van der Waals surface area contributed by atoms with Gasteiger partial charge in [0.2, 0.25) is 11.8 Å². The number of carbonyl (C=O) groups excluding carboxylic acids is 2. The number of benzene rings is 1. The minimum atomic E-state index is -0.146. The third-order valence-corrected chi connectivity index (χ3v) is 3.62. The van der Waals surface area contributed by atoms with Crippen molar-refractivity contribution >= 4 is 17.6 Å². The SMILES string of the molecule is CC(=O)c1ccc(OCCCC(=O)Nc2cc(C(C)(C)C)no2)cc1. The molecule has 0 saturated carbocycles. The van der Waals surface area contributed by atoms with Gasteiger partial charge in [0, 0.05) is 23.5 Å². The second kappa shape index (κ2) is 7.96. The van der Waals surface area contributed by atoms with Crippen LogP contribution in [0.15, 0.2) is 34.9 Å². The Hall–Kier alpha value is -2.63. The molecule has 2 rings (SSSR count). The molecule has 0 saturated heterocycles. The van der Waals surface area contributed by atoms with Gasteiger partial charge >= 0.3 is 0 Å². The molecular weight excluding hydrogens is 320 g/mol. The lowest BCUT2D eigenvalue weighted by molar-refractivity contribution is -0.116. The first-order chi connectivity index (χ1) is 11.8. The quantitative estimate of drug-likeness (QED) is 0.607. The average molecular weight is 344 g/mol. The Morgan fingerprint density at radius 1 is 1.20 bits per heavy atom. The molecule has 0 bridgehead atoms. The highest BCUT2D eigenvalue weighted by Crippen LogP contribution is 2.23. The number of aromatic nitrogens is 1. The molecule has 0 spiro atoms. The zero-order valence-corrected chi connectivity index (χ0v) is 15.1. The van der Waals surface area contributed by atoms with E-state index in [9.17, 15) is 9.59 Å². The number of carbonyl (C=O) groups is 2. The van der Waals surface area contributed by atoms with Gasteiger partial charge < -0.3 is 9.26 Å². The number of ketones is 1. The second-order valence-corrected chi connectivity index (χ2v) is 6.91. The Balaban J connectivity index is 1.71. The monoisotopic (exact) mass is 344 g/mol. The van der Waals surface area contributed by atoms with Gasteiger partial charge in [-0.05, 0) is 37.6 Å². The predicted molar refractivity (Wildman–Crippen MR) is 95.0 cm³/mol. The summed E-state index contributed by atoms with van der Waals surface area (Å²) in [6, 6.07) is 8.69. The molecule has 6 heteroatoms. The van der Waals surface area contributed by atoms with Crippen LogP contribution in [-0.4, -0.2) is 23.5 Å². The van der Waals surface area contributed by atoms with Gasteiger partial charge in [-0.3, -0.25) is 14.9 Å². The van der Waals surface area contributed by atoms with E-state index in [1.165, 1.54) is 6.92 Å². The maximum atomic E-state index is 11.9. The van der Waals surface area contributed by atoms with Gasteiger partial charge in [-0.1, -0.05) is 25.9 Å². The third kappa shape index (κ3) is 5.74. The van der Waals surface area contributed by atoms with Crippen LogP contribution in [0.4, 0.5) is 5.88 Å². The van der Waals surface area contributed by atoms with E-state index in [0.717, 1.165) is 5.69 Å². The van der Waals surface area contributed by atoms with Crippen LogP contribution in [0.3, 0.4) is 0 Å². The van der Waals surface area contributed by atoms with Crippen LogP contribution >= 0.6 is 0 Å². The number of amides is 1. The fourth-order valence-corrected chi connectivity index (χ4v) is 2.10. The lowest BCUT2D eigenvalue weighted by atomic mass is 9.92. The summed E-state index contributed by atoms with van der Waals surface area (Å²) in [6.45, 7) is 8.01. The van der Waals surface area contributed by atoms with Crippen LogP contribution in [0, 0.1) is 0 Å². The van der Waals surface area contributed by atoms with Gasteiger partial charge in [-0.15, -0.1) is 0 Å². The van der Waals surface area contributed by atoms with Crippen molar-refractivity contribution in [1.82, 2.24) is 5.16 Å². The van der Waals surface area contributed by atoms with Gasteiger partial charge in [-0.25, -0.2) is 0 Å². The van der Waals surface area contributed by atoms with Crippen LogP contribution in [0.1, 0.15) is 56.6 Å². The highest BCUT2D eigenvalue weighted by molar-refractivity contribution is 5.94. The number of nitrogens with one attached hydrogen (secondary N) is 1. The normalized spacial score (nSPS) is 11.2. The molecule has 0 fully saturated rings. The number of Topliss-reactive ketones (excluding diaryl/α,β-unsaturated/α-hetero) is 1. The standard InChI is InChI=1S/C19H24N2O4/c1-13(22)14-7-9-15(10-8-14)24-11-5-6-17(23)20-18-12-16(21-25-18)19(2,3)4/h7-10,12H,5-6,11H2,1-4H3,(H,20,23). The largest absolute Gasteiger partial charge is 0.494 e. The first-order valence-electron chi connectivity index (χ1n) is 8.26. The molecule has 2 aromatic rings. The maximum absolute atomic E-state index is 11.9. The van der Waals surface area contributed by atoms with Crippen molar-refractivity contribution in [2.24, 2.45) is 0 Å². The van der Waals surface area contributed by atoms with E-state index in [4.69, 9.17) is 9.26 Å². The molecule has 0 unspecified atom stereocenters. The summed E-state index contributed by atoms with van der Waals surface area (Å²) in [5.74, 6) is 0.906. The minimum absolute atomic E-state index is 0.0188. The third-order valence-electron chi connectivity index (χ3n) is 3.62. The Kier molecular flexibility index (Phi) is 5.96. The summed E-state index contributed by atoms with van der Waals surface area (Å²) in [6.07, 6.45) is 0.887. The van der Waals surface area contributed by atoms with Crippen molar-refractivity contribution in [2.45, 2.75) is 46.0 Å². The number of hydrogen-bond acceptors (Lipinski definition) is 5. The van der Waals surface area contributed by atoms with Crippen molar-refractivity contribution in [2.75, 3.05) is 11.9 Å². The lowest BCUT2D eigenvalue weighted by Crippen LogP contribution is -2.13. The predicted octanol–water partition coefficient (Wildman–Crippen LogP) is 3.97. The molecule has 134 valence electrons. The maximum Gasteiger partial charge on any atom is 0.231 e. The number of nitrogens with zero attached hydrogens (tertiary/aromatic N) is 1. The average Bonchev–Trinajstić information content (AvgIpc) is 3.00. The molecule has 6 nitrogen and oxygen atoms in total. The van der Waals surface area contributed by atoms with Gasteiger partial charge in [0.05, 0.1) is 12.3 Å². The van der Waals surface area contributed by atoms with Crippen LogP contribution in [0.25, 0.3) is 0 Å². The van der Waals surface area contributed by atoms with Crippen LogP contribution < -0.4 is 10.1 Å². The Morgan fingerprint density at radius 2 is 1.88 bits per heavy atom. The van der Waals surface area contributed by atoms with Gasteiger partial charge in [0.15, 0.2) is 5.78 Å². The van der Waals surface area contributed by atoms with E-state index in [1.54, 1.807) is 30.3 Å². The minimum Gasteiger partial charge on any atom is -0.494 e. The number of hydrogen-bond donors (Lipinski definition) is 1. The van der Waals surface area contributed by atoms with Crippen molar-refractivity contribution in [3.8, 4) is 5.75 Å². The molecule has 1 amide bonds. The number of anilines is 1. The molecule has 0 aliphatic carbocycles. The smallest absolute Gasteiger partial charge is 0.231 e. The summed E-state index contributed by atoms with van der Waals surface area (Å²) in [5.41, 5.74) is 1.31. The van der Waals surface area contributed by atoms with E-state index >= 15 is 0 Å². The van der Waals surface area contributed by atoms with Gasteiger partial charge in [0.25, 0.3) is 0 Å². The molecule has 25 heavy (non-hydrogen) atoms. The van der Waals surface area contributed by atoms with E-state index in [2.05, 4.69) is 10.5 Å². The Bertz CT molecular complexity index is 727. The Labute approximate surface area is 147 Å². The summed E-state index contributed by atoms with van der Waals surface area (Å²) >= 11 is 0. The molecule has 1 aromatic carbocycles. The topological polar surface area (TPSA) is 81.4 Å². The molecule has 1 aromatic heterocycles. The first kappa shape index (κ1) is 18.7. The van der Waals surface area contributed by atoms with E-state index in [-0.39, 0.29) is 17.1 Å². The van der Waals surface area contributed by atoms with Crippen molar-refractivity contribution in [1.29, 1.82) is 0 Å². The highest BCUT2D eigenvalue weighted by Gasteiger charge is 2.19. The zero-order valence-electron chi connectivity index (χ0n) is 15.1. The highest BCUT2D eigenvalue weighted by atomic mass is 16.5. The summed E-state index contributed by atoms with van der Waals surface area (Å²) in [5, 5.41) is 6.65. The van der Waals surface area contributed by atoms with Gasteiger partial charge in [-0.2, -0.15) is 0 Å². The summed E-state index contributed by atoms with van der Waals surface area (Å²) < 4.78 is 10.7. The van der Waals surface area contributed by atoms with Crippen LogP contribution in [-0.2, 0) is 10.2 Å². The molecule has 1 heterocycles. The molecule has 0 radical (unpaired) electrons. The molecular formula is C19H24N2O4. The first-order valence-corrected chi connectivity index (χ1v) is 8.26. The Morgan fingerprint density at radius 3 is 2.44 bits per heavy atom. The van der Waals surface area contributed by atoms with E-state index in [1.807, 2.05) is 20.8 Å². The number of ether oxygens (including phenoxy) is 1. The summed E-state index contributed by atoms with van der Waals surface area (Å²) in [4.78, 5) is 23.1. The van der Waals surface area contributed by atoms with Crippen LogP contribution in [0.2, 0.25) is 0 Å². The van der Waals surface area contributed by atoms with Crippen molar-refractivity contribution < 1.29 is 18.8 Å². The van der Waals surface area contributed by atoms with Crippen molar-refractivity contribution in [3.63, 3.8) is 0 Å². The fraction of sp³-hybridized carbons (Fsp3) is 0.421. The zero-order chi connectivity index (χ0) is 18.4. The van der Waals surface area contributed by atoms with E-state index < -0.39 is 0 Å². The molecule has 0 aliphatic heterocycles. The molecule has 0 aliphatic rings. The second-order valence-electron chi connectivity index (χ2n) is 6.91. The number of rotatable bonds is 7. The van der Waals surface area contributed by atoms with E-state index in [0.29, 0.717) is 36.6 Å². The fourth-order valence-electron chi connectivity index (χ4n) is 2.10.